The zero-order valence-corrected chi connectivity index (χ0v) is 11.4. The maximum absolute atomic E-state index is 12.7. The molecule has 0 saturated carbocycles. The molecule has 2 nitrogen and oxygen atoms in total. The number of nitrogens with one attached hydrogen (secondary N) is 1. The van der Waals surface area contributed by atoms with Crippen LogP contribution in [0.25, 0.3) is 0 Å². The van der Waals surface area contributed by atoms with Crippen LogP contribution >= 0.6 is 0 Å². The van der Waals surface area contributed by atoms with Gasteiger partial charge in [-0.1, -0.05) is 19.6 Å². The zero-order chi connectivity index (χ0) is 12.8. The highest BCUT2D eigenvalue weighted by atomic mass is 28.3. The van der Waals surface area contributed by atoms with Gasteiger partial charge in [-0.25, -0.2) is 8.78 Å². The molecule has 0 aliphatic carbocycles. The molecule has 1 unspecified atom stereocenters. The summed E-state index contributed by atoms with van der Waals surface area (Å²) in [5, 5.41) is 11.0. The minimum Gasteiger partial charge on any atom is -0.390 e. The van der Waals surface area contributed by atoms with Crippen LogP contribution < -0.4 is 5.32 Å². The minimum atomic E-state index is -3.04. The molecule has 0 aromatic heterocycles. The third-order valence-electron chi connectivity index (χ3n) is 1.81. The van der Waals surface area contributed by atoms with E-state index < -0.39 is 27.1 Å². The van der Waals surface area contributed by atoms with Gasteiger partial charge in [0, 0.05) is 12.5 Å². The zero-order valence-electron chi connectivity index (χ0n) is 10.4. The van der Waals surface area contributed by atoms with Crippen LogP contribution in [0.5, 0.6) is 0 Å². The van der Waals surface area contributed by atoms with Gasteiger partial charge in [-0.15, -0.1) is 11.5 Å². The first-order valence-corrected chi connectivity index (χ1v) is 8.88. The molecule has 0 fully saturated rings. The summed E-state index contributed by atoms with van der Waals surface area (Å²) in [5.41, 5.74) is 3.18. The van der Waals surface area contributed by atoms with Crippen molar-refractivity contribution in [1.29, 1.82) is 0 Å². The van der Waals surface area contributed by atoms with Gasteiger partial charge >= 0.3 is 0 Å². The van der Waals surface area contributed by atoms with Crippen molar-refractivity contribution in [2.24, 2.45) is 0 Å². The molecule has 0 heterocycles. The van der Waals surface area contributed by atoms with Crippen LogP contribution in [0.3, 0.4) is 0 Å². The standard InChI is InChI=1S/C11H21F2NOSi/c1-10(6-5-7-16(2,3)4)14-8-11(12,13)9-15/h10,14-15H,6,8-9H2,1-4H3. The number of alkyl halides is 2. The predicted octanol–water partition coefficient (Wildman–Crippen LogP) is 1.86. The second-order valence-corrected chi connectivity index (χ2v) is 9.80. The maximum atomic E-state index is 12.7. The molecular formula is C11H21F2NOSi. The highest BCUT2D eigenvalue weighted by Crippen LogP contribution is 2.10. The molecule has 2 N–H and O–H groups in total. The van der Waals surface area contributed by atoms with E-state index in [-0.39, 0.29) is 6.04 Å². The van der Waals surface area contributed by atoms with E-state index in [0.717, 1.165) is 0 Å². The van der Waals surface area contributed by atoms with Crippen LogP contribution in [0.4, 0.5) is 8.78 Å². The summed E-state index contributed by atoms with van der Waals surface area (Å²) in [4.78, 5) is 0. The first kappa shape index (κ1) is 15.6. The number of hydrogen-bond acceptors (Lipinski definition) is 2. The summed E-state index contributed by atoms with van der Waals surface area (Å²) in [6.07, 6.45) is 0.561. The van der Waals surface area contributed by atoms with Crippen LogP contribution in [0.15, 0.2) is 0 Å². The smallest absolute Gasteiger partial charge is 0.282 e. The molecule has 0 saturated heterocycles. The second kappa shape index (κ2) is 6.33. The molecule has 0 aliphatic rings. The highest BCUT2D eigenvalue weighted by Gasteiger charge is 2.27. The number of aliphatic hydroxyl groups excluding tert-OH is 1. The van der Waals surface area contributed by atoms with Crippen molar-refractivity contribution in [3.05, 3.63) is 0 Å². The lowest BCUT2D eigenvalue weighted by atomic mass is 10.2. The number of halogens is 2. The summed E-state index contributed by atoms with van der Waals surface area (Å²) in [6, 6.07) is -0.0822. The molecule has 94 valence electrons. The Kier molecular flexibility index (Phi) is 6.16. The molecule has 0 rings (SSSR count). The fourth-order valence-electron chi connectivity index (χ4n) is 0.921. The van der Waals surface area contributed by atoms with E-state index in [1.54, 1.807) is 0 Å². The van der Waals surface area contributed by atoms with Crippen LogP contribution in [0, 0.1) is 11.5 Å². The van der Waals surface area contributed by atoms with Gasteiger partial charge in [0.2, 0.25) is 0 Å². The summed E-state index contributed by atoms with van der Waals surface area (Å²) < 4.78 is 25.4. The molecule has 1 atom stereocenters. The van der Waals surface area contributed by atoms with E-state index >= 15 is 0 Å². The Bertz CT molecular complexity index is 265. The second-order valence-electron chi connectivity index (χ2n) is 5.05. The van der Waals surface area contributed by atoms with E-state index in [0.29, 0.717) is 6.42 Å². The lowest BCUT2D eigenvalue weighted by Crippen LogP contribution is -2.40. The fourth-order valence-corrected chi connectivity index (χ4v) is 1.55. The van der Waals surface area contributed by atoms with Crippen LogP contribution in [-0.4, -0.2) is 38.3 Å². The van der Waals surface area contributed by atoms with E-state index in [9.17, 15) is 8.78 Å². The Hall–Kier alpha value is -0.443. The van der Waals surface area contributed by atoms with Crippen molar-refractivity contribution in [2.75, 3.05) is 13.2 Å². The fraction of sp³-hybridized carbons (Fsp3) is 0.818. The summed E-state index contributed by atoms with van der Waals surface area (Å²) in [6.45, 7) is 6.60. The lowest BCUT2D eigenvalue weighted by Gasteiger charge is -2.17. The third kappa shape index (κ3) is 8.83. The maximum Gasteiger partial charge on any atom is 0.282 e. The van der Waals surface area contributed by atoms with E-state index in [1.165, 1.54) is 0 Å². The monoisotopic (exact) mass is 249 g/mol. The van der Waals surface area contributed by atoms with Gasteiger partial charge < -0.3 is 10.4 Å². The van der Waals surface area contributed by atoms with Crippen LogP contribution in [0.2, 0.25) is 19.6 Å². The third-order valence-corrected chi connectivity index (χ3v) is 2.74. The number of aliphatic hydroxyl groups is 1. The molecular weight excluding hydrogens is 228 g/mol. The Morgan fingerprint density at radius 1 is 1.38 bits per heavy atom. The van der Waals surface area contributed by atoms with Crippen molar-refractivity contribution in [3.63, 3.8) is 0 Å². The lowest BCUT2D eigenvalue weighted by molar-refractivity contribution is -0.0489. The van der Waals surface area contributed by atoms with Crippen molar-refractivity contribution < 1.29 is 13.9 Å². The number of hydrogen-bond donors (Lipinski definition) is 2. The normalized spacial score (nSPS) is 14.2. The van der Waals surface area contributed by atoms with Crippen molar-refractivity contribution in [2.45, 2.75) is 44.9 Å². The largest absolute Gasteiger partial charge is 0.390 e. The Morgan fingerprint density at radius 2 is 1.94 bits per heavy atom. The number of rotatable bonds is 5. The molecule has 0 radical (unpaired) electrons. The van der Waals surface area contributed by atoms with E-state index in [1.807, 2.05) is 6.92 Å². The Morgan fingerprint density at radius 3 is 2.38 bits per heavy atom. The predicted molar refractivity (Wildman–Crippen MR) is 65.2 cm³/mol. The Labute approximate surface area is 97.4 Å². The molecule has 5 heteroatoms. The van der Waals surface area contributed by atoms with Gasteiger partial charge in [0.1, 0.15) is 14.7 Å². The van der Waals surface area contributed by atoms with Gasteiger partial charge in [0.25, 0.3) is 5.92 Å². The molecule has 0 spiro atoms. The van der Waals surface area contributed by atoms with Gasteiger partial charge in [0.05, 0.1) is 6.54 Å². The Balaban J connectivity index is 3.91. The van der Waals surface area contributed by atoms with Crippen molar-refractivity contribution in [1.82, 2.24) is 5.32 Å². The molecule has 0 aromatic carbocycles. The van der Waals surface area contributed by atoms with Gasteiger partial charge in [0.15, 0.2) is 0 Å². The van der Waals surface area contributed by atoms with Crippen LogP contribution in [-0.2, 0) is 0 Å². The van der Waals surface area contributed by atoms with Gasteiger partial charge in [-0.3, -0.25) is 0 Å². The molecule has 16 heavy (non-hydrogen) atoms. The SMILES string of the molecule is CC(CC#C[Si](C)(C)C)NCC(F)(F)CO. The van der Waals surface area contributed by atoms with Crippen molar-refractivity contribution >= 4 is 8.07 Å². The summed E-state index contributed by atoms with van der Waals surface area (Å²) in [7, 11) is -1.37. The van der Waals surface area contributed by atoms with Gasteiger partial charge in [-0.05, 0) is 6.92 Å². The molecule has 0 bridgehead atoms. The molecule has 0 aromatic rings. The molecule has 0 amide bonds. The van der Waals surface area contributed by atoms with E-state index in [2.05, 4.69) is 36.4 Å². The van der Waals surface area contributed by atoms with Crippen molar-refractivity contribution in [3.8, 4) is 11.5 Å². The average Bonchev–Trinajstić information content (AvgIpc) is 2.13. The van der Waals surface area contributed by atoms with Crippen LogP contribution in [0.1, 0.15) is 13.3 Å². The first-order chi connectivity index (χ1) is 7.16. The highest BCUT2D eigenvalue weighted by molar-refractivity contribution is 6.83. The average molecular weight is 249 g/mol. The van der Waals surface area contributed by atoms with E-state index in [4.69, 9.17) is 5.11 Å². The molecule has 0 aliphatic heterocycles. The quantitative estimate of drug-likeness (QED) is 0.576. The first-order valence-electron chi connectivity index (χ1n) is 5.38. The van der Waals surface area contributed by atoms with Gasteiger partial charge in [-0.2, -0.15) is 0 Å². The summed E-state index contributed by atoms with van der Waals surface area (Å²) in [5.74, 6) is -0.0200. The summed E-state index contributed by atoms with van der Waals surface area (Å²) >= 11 is 0. The minimum absolute atomic E-state index is 0.0822. The topological polar surface area (TPSA) is 32.3 Å².